The molecule has 24 heavy (non-hydrogen) atoms. The number of hydrogen-bond acceptors (Lipinski definition) is 3. The van der Waals surface area contributed by atoms with Crippen molar-refractivity contribution in [1.29, 1.82) is 5.26 Å². The molecule has 0 N–H and O–H groups in total. The molecule has 0 aliphatic carbocycles. The summed E-state index contributed by atoms with van der Waals surface area (Å²) >= 11 is 1.75. The molecule has 0 spiro atoms. The Labute approximate surface area is 145 Å². The fourth-order valence-corrected chi connectivity index (χ4v) is 4.94. The SMILES string of the molecule is N#CC1[C@@H]2CSC(c3ccccc3)N2C(=O)N1Cc1ccccc1. The van der Waals surface area contributed by atoms with E-state index in [0.29, 0.717) is 6.54 Å². The Balaban J connectivity index is 1.63. The zero-order chi connectivity index (χ0) is 16.5. The van der Waals surface area contributed by atoms with E-state index >= 15 is 0 Å². The van der Waals surface area contributed by atoms with Crippen LogP contribution in [0.5, 0.6) is 0 Å². The Morgan fingerprint density at radius 1 is 1.08 bits per heavy atom. The second-order valence-electron chi connectivity index (χ2n) is 6.04. The van der Waals surface area contributed by atoms with Gasteiger partial charge >= 0.3 is 6.03 Å². The Hall–Kier alpha value is -2.45. The van der Waals surface area contributed by atoms with Gasteiger partial charge in [0.2, 0.25) is 0 Å². The number of carbonyl (C=O) groups excluding carboxylic acids is 1. The van der Waals surface area contributed by atoms with Gasteiger partial charge in [-0.05, 0) is 11.1 Å². The van der Waals surface area contributed by atoms with Gasteiger partial charge in [0.05, 0.1) is 12.1 Å². The topological polar surface area (TPSA) is 47.3 Å². The first-order chi connectivity index (χ1) is 11.8. The minimum atomic E-state index is -0.390. The Bertz CT molecular complexity index is 774. The van der Waals surface area contributed by atoms with Crippen LogP contribution in [-0.4, -0.2) is 33.7 Å². The number of benzene rings is 2. The lowest BCUT2D eigenvalue weighted by Gasteiger charge is -2.24. The summed E-state index contributed by atoms with van der Waals surface area (Å²) in [5.41, 5.74) is 2.17. The fourth-order valence-electron chi connectivity index (χ4n) is 3.46. The van der Waals surface area contributed by atoms with Crippen LogP contribution in [0.4, 0.5) is 4.79 Å². The average molecular weight is 335 g/mol. The van der Waals surface area contributed by atoms with Crippen LogP contribution in [0.25, 0.3) is 0 Å². The van der Waals surface area contributed by atoms with Crippen molar-refractivity contribution in [2.75, 3.05) is 5.75 Å². The predicted molar refractivity (Wildman–Crippen MR) is 94.1 cm³/mol. The van der Waals surface area contributed by atoms with Crippen LogP contribution in [0.15, 0.2) is 60.7 Å². The van der Waals surface area contributed by atoms with Crippen LogP contribution < -0.4 is 0 Å². The van der Waals surface area contributed by atoms with Crippen molar-refractivity contribution in [3.05, 3.63) is 71.8 Å². The molecule has 2 aliphatic heterocycles. The molecule has 120 valence electrons. The van der Waals surface area contributed by atoms with Gasteiger partial charge < -0.3 is 9.80 Å². The van der Waals surface area contributed by atoms with E-state index in [2.05, 4.69) is 18.2 Å². The molecule has 2 aliphatic rings. The lowest BCUT2D eigenvalue weighted by molar-refractivity contribution is 0.184. The monoisotopic (exact) mass is 335 g/mol. The van der Waals surface area contributed by atoms with Gasteiger partial charge in [-0.2, -0.15) is 5.26 Å². The molecule has 2 fully saturated rings. The highest BCUT2D eigenvalue weighted by Gasteiger charge is 2.52. The van der Waals surface area contributed by atoms with Gasteiger partial charge in [0, 0.05) is 12.3 Å². The standard InChI is InChI=1S/C19H17N3OS/c20-11-16-17-13-24-18(15-9-5-2-6-10-15)22(17)19(23)21(16)12-14-7-3-1-4-8-14/h1-10,16-18H,12-13H2/t16?,17-,18?/m0/s1. The maximum Gasteiger partial charge on any atom is 0.323 e. The van der Waals surface area contributed by atoms with Crippen LogP contribution in [0.3, 0.4) is 0 Å². The van der Waals surface area contributed by atoms with Crippen molar-refractivity contribution >= 4 is 17.8 Å². The molecule has 2 heterocycles. The summed E-state index contributed by atoms with van der Waals surface area (Å²) < 4.78 is 0. The summed E-state index contributed by atoms with van der Waals surface area (Å²) in [6.07, 6.45) is 0. The van der Waals surface area contributed by atoms with Crippen molar-refractivity contribution in [3.8, 4) is 6.07 Å². The first kappa shape index (κ1) is 15.1. The van der Waals surface area contributed by atoms with E-state index in [4.69, 9.17) is 0 Å². The molecule has 2 saturated heterocycles. The minimum absolute atomic E-state index is 0.000299. The number of hydrogen-bond donors (Lipinski definition) is 0. The van der Waals surface area contributed by atoms with E-state index in [9.17, 15) is 10.1 Å². The van der Waals surface area contributed by atoms with Crippen LogP contribution in [0, 0.1) is 11.3 Å². The second-order valence-corrected chi connectivity index (χ2v) is 7.15. The third-order valence-corrected chi connectivity index (χ3v) is 5.96. The van der Waals surface area contributed by atoms with Gasteiger partial charge in [-0.3, -0.25) is 0 Å². The number of thioether (sulfide) groups is 1. The summed E-state index contributed by atoms with van der Waals surface area (Å²) in [5.74, 6) is 0.800. The van der Waals surface area contributed by atoms with E-state index in [1.165, 1.54) is 0 Å². The summed E-state index contributed by atoms with van der Waals surface area (Å²) in [7, 11) is 0. The predicted octanol–water partition coefficient (Wildman–Crippen LogP) is 3.63. The number of nitriles is 1. The van der Waals surface area contributed by atoms with Crippen LogP contribution >= 0.6 is 11.8 Å². The number of fused-ring (bicyclic) bond motifs is 1. The molecule has 4 rings (SSSR count). The van der Waals surface area contributed by atoms with Gasteiger partial charge in [0.25, 0.3) is 0 Å². The van der Waals surface area contributed by atoms with Gasteiger partial charge in [-0.25, -0.2) is 4.79 Å². The first-order valence-electron chi connectivity index (χ1n) is 7.98. The molecule has 2 aromatic carbocycles. The van der Waals surface area contributed by atoms with Crippen molar-refractivity contribution in [2.45, 2.75) is 24.0 Å². The van der Waals surface area contributed by atoms with Crippen molar-refractivity contribution in [3.63, 3.8) is 0 Å². The maximum atomic E-state index is 13.0. The lowest BCUT2D eigenvalue weighted by atomic mass is 10.1. The van der Waals surface area contributed by atoms with Crippen molar-refractivity contribution in [2.24, 2.45) is 0 Å². The van der Waals surface area contributed by atoms with Crippen molar-refractivity contribution in [1.82, 2.24) is 9.80 Å². The van der Waals surface area contributed by atoms with Crippen LogP contribution in [0.1, 0.15) is 16.5 Å². The Kier molecular flexibility index (Phi) is 3.91. The van der Waals surface area contributed by atoms with Gasteiger partial charge in [-0.1, -0.05) is 60.7 Å². The zero-order valence-electron chi connectivity index (χ0n) is 13.1. The van der Waals surface area contributed by atoms with Crippen LogP contribution in [-0.2, 0) is 6.54 Å². The average Bonchev–Trinajstić information content (AvgIpc) is 3.17. The molecule has 0 aromatic heterocycles. The van der Waals surface area contributed by atoms with Gasteiger partial charge in [0.1, 0.15) is 11.4 Å². The molecular formula is C19H17N3OS. The van der Waals surface area contributed by atoms with E-state index in [1.54, 1.807) is 16.7 Å². The van der Waals surface area contributed by atoms with E-state index < -0.39 is 0 Å². The number of nitrogens with zero attached hydrogens (tertiary/aromatic N) is 3. The molecule has 0 radical (unpaired) electrons. The normalized spacial score (nSPS) is 25.6. The van der Waals surface area contributed by atoms with Crippen molar-refractivity contribution < 1.29 is 4.79 Å². The molecule has 2 unspecified atom stereocenters. The third-order valence-electron chi connectivity index (χ3n) is 4.61. The van der Waals surface area contributed by atoms with E-state index in [0.717, 1.165) is 16.9 Å². The summed E-state index contributed by atoms with van der Waals surface area (Å²) in [6, 6.07) is 21.8. The zero-order valence-corrected chi connectivity index (χ0v) is 13.9. The number of urea groups is 1. The Morgan fingerprint density at radius 3 is 2.42 bits per heavy atom. The quantitative estimate of drug-likeness (QED) is 0.860. The molecule has 4 nitrogen and oxygen atoms in total. The number of amides is 2. The fraction of sp³-hybridized carbons (Fsp3) is 0.263. The highest BCUT2D eigenvalue weighted by atomic mass is 32.2. The molecule has 0 bridgehead atoms. The molecule has 2 aromatic rings. The smallest absolute Gasteiger partial charge is 0.302 e. The first-order valence-corrected chi connectivity index (χ1v) is 9.03. The van der Waals surface area contributed by atoms with E-state index in [1.807, 2.05) is 53.4 Å². The third kappa shape index (κ3) is 2.44. The minimum Gasteiger partial charge on any atom is -0.302 e. The second kappa shape index (κ2) is 6.21. The van der Waals surface area contributed by atoms with Gasteiger partial charge in [0.15, 0.2) is 0 Å². The summed E-state index contributed by atoms with van der Waals surface area (Å²) in [6.45, 7) is 0.483. The lowest BCUT2D eigenvalue weighted by Crippen LogP contribution is -2.35. The molecular weight excluding hydrogens is 318 g/mol. The molecule has 0 saturated carbocycles. The van der Waals surface area contributed by atoms with Gasteiger partial charge in [-0.15, -0.1) is 11.8 Å². The summed E-state index contributed by atoms with van der Waals surface area (Å²) in [4.78, 5) is 16.6. The largest absolute Gasteiger partial charge is 0.323 e. The Morgan fingerprint density at radius 2 is 1.75 bits per heavy atom. The highest BCUT2D eigenvalue weighted by molar-refractivity contribution is 7.99. The maximum absolute atomic E-state index is 13.0. The molecule has 2 amide bonds. The molecule has 5 heteroatoms. The number of rotatable bonds is 3. The van der Waals surface area contributed by atoms with E-state index in [-0.39, 0.29) is 23.5 Å². The molecule has 3 atom stereocenters. The summed E-state index contributed by atoms with van der Waals surface area (Å²) in [5, 5.41) is 9.66. The van der Waals surface area contributed by atoms with Crippen LogP contribution in [0.2, 0.25) is 0 Å². The highest BCUT2D eigenvalue weighted by Crippen LogP contribution is 2.46. The number of carbonyl (C=O) groups is 1.